The van der Waals surface area contributed by atoms with Crippen molar-refractivity contribution in [1.29, 1.82) is 0 Å². The molecule has 1 saturated carbocycles. The Kier molecular flexibility index (Phi) is 6.82. The first-order valence-corrected chi connectivity index (χ1v) is 8.98. The lowest BCUT2D eigenvalue weighted by atomic mass is 10.2. The Morgan fingerprint density at radius 2 is 2.24 bits per heavy atom. The van der Waals surface area contributed by atoms with Crippen LogP contribution in [0.1, 0.15) is 37.4 Å². The molecule has 7 heteroatoms. The van der Waals surface area contributed by atoms with Crippen LogP contribution in [0.5, 0.6) is 0 Å². The topological polar surface area (TPSA) is 59.1 Å². The molecule has 0 spiro atoms. The monoisotopic (exact) mass is 331 g/mol. The highest BCUT2D eigenvalue weighted by molar-refractivity contribution is 7.99. The fourth-order valence-electron chi connectivity index (χ4n) is 2.68. The molecule has 1 unspecified atom stereocenters. The predicted octanol–water partition coefficient (Wildman–Crippen LogP) is 2.28. The Labute approximate surface area is 136 Å². The van der Waals surface area contributed by atoms with Gasteiger partial charge in [0.1, 0.15) is 0 Å². The minimum absolute atomic E-state index is 0.0489. The summed E-state index contributed by atoms with van der Waals surface area (Å²) in [7, 11) is 4.11. The number of likely N-dealkylation sites (N-methyl/N-ethyl adjacent to an activating group) is 1. The zero-order valence-electron chi connectivity index (χ0n) is 12.9. The zero-order chi connectivity index (χ0) is 15.2. The van der Waals surface area contributed by atoms with Gasteiger partial charge < -0.3 is 4.90 Å². The molecule has 120 valence electrons. The van der Waals surface area contributed by atoms with Crippen molar-refractivity contribution in [2.24, 2.45) is 5.84 Å². The molecular weight excluding hydrogens is 306 g/mol. The molecule has 5 nitrogen and oxygen atoms in total. The summed E-state index contributed by atoms with van der Waals surface area (Å²) in [6.07, 6.45) is 7.10. The van der Waals surface area contributed by atoms with Crippen LogP contribution >= 0.6 is 23.4 Å². The summed E-state index contributed by atoms with van der Waals surface area (Å²) in [5.41, 5.74) is 3.92. The van der Waals surface area contributed by atoms with Crippen molar-refractivity contribution in [3.63, 3.8) is 0 Å². The molecular formula is C14H26ClN5S. The van der Waals surface area contributed by atoms with E-state index in [0.29, 0.717) is 5.02 Å². The zero-order valence-corrected chi connectivity index (χ0v) is 14.5. The minimum atomic E-state index is 0.0489. The normalized spacial score (nSPS) is 17.8. The van der Waals surface area contributed by atoms with E-state index < -0.39 is 0 Å². The summed E-state index contributed by atoms with van der Waals surface area (Å²) < 4.78 is 1.97. The smallest absolute Gasteiger partial charge is 0.0834 e. The van der Waals surface area contributed by atoms with Crippen LogP contribution in [0.2, 0.25) is 5.02 Å². The van der Waals surface area contributed by atoms with Crippen molar-refractivity contribution < 1.29 is 0 Å². The quantitative estimate of drug-likeness (QED) is 0.565. The molecule has 0 radical (unpaired) electrons. The minimum Gasteiger partial charge on any atom is -0.308 e. The van der Waals surface area contributed by atoms with Gasteiger partial charge in [-0.25, -0.2) is 0 Å². The number of thioether (sulfide) groups is 1. The summed E-state index contributed by atoms with van der Waals surface area (Å²) in [5.74, 6) is 6.71. The van der Waals surface area contributed by atoms with Crippen molar-refractivity contribution in [3.8, 4) is 0 Å². The van der Waals surface area contributed by atoms with E-state index in [1.165, 1.54) is 25.7 Å². The lowest BCUT2D eigenvalue weighted by Gasteiger charge is -2.20. The van der Waals surface area contributed by atoms with E-state index in [-0.39, 0.29) is 6.04 Å². The number of nitrogens with zero attached hydrogens (tertiary/aromatic N) is 3. The number of hydrogen-bond acceptors (Lipinski definition) is 5. The number of halogens is 1. The second-order valence-corrected chi connectivity index (χ2v) is 7.60. The van der Waals surface area contributed by atoms with Crippen LogP contribution in [0.4, 0.5) is 0 Å². The molecule has 0 aromatic carbocycles. The SMILES string of the molecule is CN(C)CCn1ncc(Cl)c1C(CSC1CCCC1)NN. The van der Waals surface area contributed by atoms with E-state index >= 15 is 0 Å². The molecule has 21 heavy (non-hydrogen) atoms. The summed E-state index contributed by atoms with van der Waals surface area (Å²) in [4.78, 5) is 2.14. The maximum atomic E-state index is 6.33. The van der Waals surface area contributed by atoms with Gasteiger partial charge in [-0.15, -0.1) is 0 Å². The Hall–Kier alpha value is -0.270. The molecule has 1 fully saturated rings. The highest BCUT2D eigenvalue weighted by Gasteiger charge is 2.22. The molecule has 2 rings (SSSR count). The molecule has 0 bridgehead atoms. The fraction of sp³-hybridized carbons (Fsp3) is 0.786. The third-order valence-corrected chi connectivity index (χ3v) is 5.68. The molecule has 1 aromatic rings. The third-order valence-electron chi connectivity index (χ3n) is 3.92. The van der Waals surface area contributed by atoms with E-state index in [2.05, 4.69) is 29.5 Å². The average molecular weight is 332 g/mol. The van der Waals surface area contributed by atoms with Crippen LogP contribution in [-0.2, 0) is 6.54 Å². The Balaban J connectivity index is 2.00. The van der Waals surface area contributed by atoms with Crippen molar-refractivity contribution in [2.75, 3.05) is 26.4 Å². The summed E-state index contributed by atoms with van der Waals surface area (Å²) in [6, 6.07) is 0.0489. The summed E-state index contributed by atoms with van der Waals surface area (Å²) >= 11 is 8.33. The maximum absolute atomic E-state index is 6.33. The van der Waals surface area contributed by atoms with E-state index in [0.717, 1.165) is 29.8 Å². The molecule has 1 aliphatic rings. The first-order chi connectivity index (χ1) is 10.1. The standard InChI is InChI=1S/C14H26ClN5S/c1-19(2)7-8-20-14(12(15)9-17-20)13(18-16)10-21-11-5-3-4-6-11/h9,11,13,18H,3-8,10,16H2,1-2H3. The van der Waals surface area contributed by atoms with Crippen LogP contribution in [0.15, 0.2) is 6.20 Å². The molecule has 1 aliphatic carbocycles. The van der Waals surface area contributed by atoms with Gasteiger partial charge in [0.25, 0.3) is 0 Å². The van der Waals surface area contributed by atoms with Gasteiger partial charge >= 0.3 is 0 Å². The maximum Gasteiger partial charge on any atom is 0.0834 e. The number of nitrogens with one attached hydrogen (secondary N) is 1. The lowest BCUT2D eigenvalue weighted by Crippen LogP contribution is -2.33. The van der Waals surface area contributed by atoms with Gasteiger partial charge in [-0.3, -0.25) is 16.0 Å². The Bertz CT molecular complexity index is 431. The van der Waals surface area contributed by atoms with Gasteiger partial charge in [0.2, 0.25) is 0 Å². The van der Waals surface area contributed by atoms with Gasteiger partial charge in [0.05, 0.1) is 29.5 Å². The highest BCUT2D eigenvalue weighted by Crippen LogP contribution is 2.33. The third kappa shape index (κ3) is 4.86. The number of aromatic nitrogens is 2. The second-order valence-electron chi connectivity index (χ2n) is 5.86. The largest absolute Gasteiger partial charge is 0.308 e. The molecule has 0 aliphatic heterocycles. The lowest BCUT2D eigenvalue weighted by molar-refractivity contribution is 0.364. The molecule has 0 saturated heterocycles. The van der Waals surface area contributed by atoms with E-state index in [9.17, 15) is 0 Å². The van der Waals surface area contributed by atoms with Gasteiger partial charge in [-0.1, -0.05) is 24.4 Å². The second kappa shape index (κ2) is 8.39. The number of rotatable bonds is 8. The Morgan fingerprint density at radius 3 is 2.86 bits per heavy atom. The number of nitrogens with two attached hydrogens (primary N) is 1. The van der Waals surface area contributed by atoms with E-state index in [4.69, 9.17) is 17.4 Å². The summed E-state index contributed by atoms with van der Waals surface area (Å²) in [5, 5.41) is 5.86. The van der Waals surface area contributed by atoms with E-state index in [1.54, 1.807) is 6.20 Å². The van der Waals surface area contributed by atoms with Crippen molar-refractivity contribution in [3.05, 3.63) is 16.9 Å². The van der Waals surface area contributed by atoms with Gasteiger partial charge in [-0.05, 0) is 26.9 Å². The highest BCUT2D eigenvalue weighted by atomic mass is 35.5. The number of hydrazine groups is 1. The van der Waals surface area contributed by atoms with Crippen LogP contribution in [0.25, 0.3) is 0 Å². The summed E-state index contributed by atoms with van der Waals surface area (Å²) in [6.45, 7) is 1.75. The molecule has 1 atom stereocenters. The van der Waals surface area contributed by atoms with E-state index in [1.807, 2.05) is 16.4 Å². The first kappa shape index (κ1) is 17.1. The van der Waals surface area contributed by atoms with Crippen LogP contribution in [0.3, 0.4) is 0 Å². The fourth-order valence-corrected chi connectivity index (χ4v) is 4.34. The molecule has 1 heterocycles. The predicted molar refractivity (Wildman–Crippen MR) is 90.6 cm³/mol. The van der Waals surface area contributed by atoms with Crippen LogP contribution < -0.4 is 11.3 Å². The Morgan fingerprint density at radius 1 is 1.52 bits per heavy atom. The van der Waals surface area contributed by atoms with Gasteiger partial charge in [0.15, 0.2) is 0 Å². The van der Waals surface area contributed by atoms with Gasteiger partial charge in [-0.2, -0.15) is 16.9 Å². The molecule has 1 aromatic heterocycles. The van der Waals surface area contributed by atoms with Crippen LogP contribution in [0, 0.1) is 0 Å². The average Bonchev–Trinajstić information content (AvgIpc) is 3.08. The molecule has 0 amide bonds. The van der Waals surface area contributed by atoms with Crippen molar-refractivity contribution in [2.45, 2.75) is 43.5 Å². The van der Waals surface area contributed by atoms with Crippen LogP contribution in [-0.4, -0.2) is 46.3 Å². The van der Waals surface area contributed by atoms with Gasteiger partial charge in [0, 0.05) is 17.5 Å². The molecule has 3 N–H and O–H groups in total. The first-order valence-electron chi connectivity index (χ1n) is 7.55. The number of hydrogen-bond donors (Lipinski definition) is 2. The van der Waals surface area contributed by atoms with Crippen molar-refractivity contribution in [1.82, 2.24) is 20.1 Å². The van der Waals surface area contributed by atoms with Crippen molar-refractivity contribution >= 4 is 23.4 Å².